The minimum absolute atomic E-state index is 0.0364. The van der Waals surface area contributed by atoms with Gasteiger partial charge in [0.15, 0.2) is 0 Å². The first-order valence-electron chi connectivity index (χ1n) is 7.34. The Morgan fingerprint density at radius 1 is 1.32 bits per heavy atom. The smallest absolute Gasteiger partial charge is 0.376 e. The average molecular weight is 265 g/mol. The highest BCUT2D eigenvalue weighted by Gasteiger charge is 2.39. The maximum Gasteiger partial charge on any atom is 0.376 e. The van der Waals surface area contributed by atoms with Crippen molar-refractivity contribution in [1.29, 1.82) is 0 Å². The average Bonchev–Trinajstić information content (AvgIpc) is 3.06. The van der Waals surface area contributed by atoms with Gasteiger partial charge in [-0.3, -0.25) is 0 Å². The van der Waals surface area contributed by atoms with Gasteiger partial charge >= 0.3 is 5.97 Å². The molecule has 0 N–H and O–H groups in total. The minimum atomic E-state index is -0.387. The second kappa shape index (κ2) is 5.76. The predicted octanol–water partition coefficient (Wildman–Crippen LogP) is 3.64. The molecule has 0 radical (unpaired) electrons. The van der Waals surface area contributed by atoms with Crippen molar-refractivity contribution >= 4 is 5.97 Å². The van der Waals surface area contributed by atoms with Crippen LogP contribution in [-0.2, 0) is 16.6 Å². The van der Waals surface area contributed by atoms with E-state index in [2.05, 4.69) is 11.9 Å². The van der Waals surface area contributed by atoms with Gasteiger partial charge in [0.2, 0.25) is 11.7 Å². The van der Waals surface area contributed by atoms with Crippen LogP contribution in [0.4, 0.5) is 0 Å². The van der Waals surface area contributed by atoms with Crippen LogP contribution >= 0.6 is 0 Å². The summed E-state index contributed by atoms with van der Waals surface area (Å²) in [5, 5.41) is 0. The highest BCUT2D eigenvalue weighted by atomic mass is 16.5. The van der Waals surface area contributed by atoms with Gasteiger partial charge in [-0.25, -0.2) is 9.78 Å². The van der Waals surface area contributed by atoms with Gasteiger partial charge in [0.1, 0.15) is 0 Å². The third-order valence-corrected chi connectivity index (χ3v) is 4.18. The maximum absolute atomic E-state index is 11.9. The van der Waals surface area contributed by atoms with Crippen LogP contribution in [0.15, 0.2) is 4.42 Å². The van der Waals surface area contributed by atoms with E-state index in [1.54, 1.807) is 6.92 Å². The summed E-state index contributed by atoms with van der Waals surface area (Å²) < 4.78 is 10.9. The standard InChI is InChI=1S/C15H23NO3/c1-4-11-12(13(17)18-6-3)19-14(16-11)15(5-2)9-7-8-10-15/h4-10H2,1-3H3. The van der Waals surface area contributed by atoms with Crippen LogP contribution in [0.5, 0.6) is 0 Å². The molecule has 1 saturated carbocycles. The molecule has 19 heavy (non-hydrogen) atoms. The van der Waals surface area contributed by atoms with Gasteiger partial charge in [-0.2, -0.15) is 0 Å². The fraction of sp³-hybridized carbons (Fsp3) is 0.733. The number of oxazole rings is 1. The molecule has 4 nitrogen and oxygen atoms in total. The summed E-state index contributed by atoms with van der Waals surface area (Å²) in [6.45, 7) is 6.31. The third kappa shape index (κ3) is 2.53. The third-order valence-electron chi connectivity index (χ3n) is 4.18. The molecule has 2 rings (SSSR count). The first-order chi connectivity index (χ1) is 9.16. The lowest BCUT2D eigenvalue weighted by molar-refractivity contribution is 0.0483. The van der Waals surface area contributed by atoms with E-state index in [0.29, 0.717) is 18.8 Å². The summed E-state index contributed by atoms with van der Waals surface area (Å²) in [5.74, 6) is 0.661. The van der Waals surface area contributed by atoms with E-state index in [9.17, 15) is 4.79 Å². The van der Waals surface area contributed by atoms with Crippen LogP contribution in [0, 0.1) is 0 Å². The van der Waals surface area contributed by atoms with Gasteiger partial charge in [0.25, 0.3) is 0 Å². The Morgan fingerprint density at radius 2 is 2.00 bits per heavy atom. The summed E-state index contributed by atoms with van der Waals surface area (Å²) in [5.41, 5.74) is 0.766. The van der Waals surface area contributed by atoms with E-state index in [1.807, 2.05) is 6.92 Å². The van der Waals surface area contributed by atoms with E-state index in [-0.39, 0.29) is 11.4 Å². The molecule has 1 aliphatic carbocycles. The number of esters is 1. The van der Waals surface area contributed by atoms with Gasteiger partial charge in [0.05, 0.1) is 12.3 Å². The topological polar surface area (TPSA) is 52.3 Å². The van der Waals surface area contributed by atoms with Crippen molar-refractivity contribution in [3.05, 3.63) is 17.3 Å². The zero-order valence-corrected chi connectivity index (χ0v) is 12.1. The summed E-state index contributed by atoms with van der Waals surface area (Å²) in [6.07, 6.45) is 6.35. The molecule has 1 aromatic rings. The lowest BCUT2D eigenvalue weighted by atomic mass is 9.83. The van der Waals surface area contributed by atoms with Crippen molar-refractivity contribution in [3.63, 3.8) is 0 Å². The fourth-order valence-corrected chi connectivity index (χ4v) is 2.94. The first kappa shape index (κ1) is 14.1. The molecule has 1 fully saturated rings. The number of rotatable bonds is 5. The Bertz CT molecular complexity index is 444. The molecule has 0 aliphatic heterocycles. The Morgan fingerprint density at radius 3 is 2.53 bits per heavy atom. The highest BCUT2D eigenvalue weighted by molar-refractivity contribution is 5.87. The number of aromatic nitrogens is 1. The molecule has 106 valence electrons. The number of nitrogens with zero attached hydrogens (tertiary/aromatic N) is 1. The van der Waals surface area contributed by atoms with Gasteiger partial charge in [-0.15, -0.1) is 0 Å². The molecule has 4 heteroatoms. The molecule has 0 spiro atoms. The molecule has 0 aromatic carbocycles. The molecular weight excluding hydrogens is 242 g/mol. The Labute approximate surface area is 114 Å². The molecule has 1 aromatic heterocycles. The van der Waals surface area contributed by atoms with Crippen LogP contribution in [-0.4, -0.2) is 17.6 Å². The van der Waals surface area contributed by atoms with Crippen LogP contribution < -0.4 is 0 Å². The maximum atomic E-state index is 11.9. The molecule has 0 saturated heterocycles. The van der Waals surface area contributed by atoms with E-state index in [1.165, 1.54) is 12.8 Å². The summed E-state index contributed by atoms with van der Waals surface area (Å²) in [6, 6.07) is 0. The zero-order chi connectivity index (χ0) is 13.9. The Kier molecular flexibility index (Phi) is 4.27. The van der Waals surface area contributed by atoms with Gasteiger partial charge in [-0.05, 0) is 32.6 Å². The minimum Gasteiger partial charge on any atom is -0.460 e. The molecule has 1 heterocycles. The molecule has 1 aliphatic rings. The molecule has 0 amide bonds. The van der Waals surface area contributed by atoms with E-state index >= 15 is 0 Å². The van der Waals surface area contributed by atoms with Gasteiger partial charge in [-0.1, -0.05) is 26.7 Å². The van der Waals surface area contributed by atoms with Crippen LogP contribution in [0.2, 0.25) is 0 Å². The second-order valence-corrected chi connectivity index (χ2v) is 5.21. The van der Waals surface area contributed by atoms with Gasteiger partial charge < -0.3 is 9.15 Å². The SMILES string of the molecule is CCOC(=O)c1oc(C2(CC)CCCC2)nc1CC. The number of ether oxygens (including phenoxy) is 1. The molecule has 0 bridgehead atoms. The zero-order valence-electron chi connectivity index (χ0n) is 12.1. The lowest BCUT2D eigenvalue weighted by Gasteiger charge is -2.22. The van der Waals surface area contributed by atoms with E-state index < -0.39 is 0 Å². The summed E-state index contributed by atoms with van der Waals surface area (Å²) >= 11 is 0. The largest absolute Gasteiger partial charge is 0.460 e. The highest BCUT2D eigenvalue weighted by Crippen LogP contribution is 2.43. The van der Waals surface area contributed by atoms with Crippen LogP contribution in [0.3, 0.4) is 0 Å². The van der Waals surface area contributed by atoms with Crippen LogP contribution in [0.1, 0.15) is 75.0 Å². The van der Waals surface area contributed by atoms with Crippen molar-refractivity contribution in [2.75, 3.05) is 6.61 Å². The quantitative estimate of drug-likeness (QED) is 0.763. The molecular formula is C15H23NO3. The van der Waals surface area contributed by atoms with Crippen LogP contribution in [0.25, 0.3) is 0 Å². The van der Waals surface area contributed by atoms with Crippen molar-refractivity contribution in [1.82, 2.24) is 4.98 Å². The number of carbonyl (C=O) groups is 1. The van der Waals surface area contributed by atoms with Crippen molar-refractivity contribution in [2.45, 2.75) is 64.7 Å². The number of hydrogen-bond acceptors (Lipinski definition) is 4. The van der Waals surface area contributed by atoms with Crippen molar-refractivity contribution in [2.24, 2.45) is 0 Å². The first-order valence-corrected chi connectivity index (χ1v) is 7.34. The number of carbonyl (C=O) groups excluding carboxylic acids is 1. The fourth-order valence-electron chi connectivity index (χ4n) is 2.94. The molecule has 0 unspecified atom stereocenters. The Balaban J connectivity index is 2.35. The summed E-state index contributed by atoms with van der Waals surface area (Å²) in [4.78, 5) is 16.5. The summed E-state index contributed by atoms with van der Waals surface area (Å²) in [7, 11) is 0. The number of aryl methyl sites for hydroxylation is 1. The Hall–Kier alpha value is -1.32. The predicted molar refractivity (Wildman–Crippen MR) is 72.3 cm³/mol. The molecule has 0 atom stereocenters. The number of hydrogen-bond donors (Lipinski definition) is 0. The van der Waals surface area contributed by atoms with Crippen molar-refractivity contribution < 1.29 is 13.9 Å². The van der Waals surface area contributed by atoms with E-state index in [4.69, 9.17) is 9.15 Å². The lowest BCUT2D eigenvalue weighted by Crippen LogP contribution is -2.21. The normalized spacial score (nSPS) is 17.6. The monoisotopic (exact) mass is 265 g/mol. The second-order valence-electron chi connectivity index (χ2n) is 5.21. The van der Waals surface area contributed by atoms with Crippen molar-refractivity contribution in [3.8, 4) is 0 Å². The van der Waals surface area contributed by atoms with Gasteiger partial charge in [0, 0.05) is 5.41 Å². The van der Waals surface area contributed by atoms with E-state index in [0.717, 1.165) is 30.8 Å².